The monoisotopic (exact) mass is 347 g/mol. The van der Waals surface area contributed by atoms with Gasteiger partial charge >= 0.3 is 0 Å². The molecule has 1 saturated heterocycles. The highest BCUT2D eigenvalue weighted by Crippen LogP contribution is 2.23. The molecule has 3 heterocycles. The third kappa shape index (κ3) is 3.83. The predicted molar refractivity (Wildman–Crippen MR) is 104 cm³/mol. The van der Waals surface area contributed by atoms with E-state index in [-0.39, 0.29) is 0 Å². The van der Waals surface area contributed by atoms with E-state index in [4.69, 9.17) is 5.10 Å². The Balaban J connectivity index is 1.46. The van der Waals surface area contributed by atoms with E-state index in [2.05, 4.69) is 51.0 Å². The van der Waals surface area contributed by atoms with Gasteiger partial charge in [-0.1, -0.05) is 24.6 Å². The van der Waals surface area contributed by atoms with Crippen molar-refractivity contribution in [1.29, 1.82) is 0 Å². The molecule has 2 aromatic heterocycles. The van der Waals surface area contributed by atoms with Gasteiger partial charge in [0.05, 0.1) is 5.69 Å². The Bertz CT molecular complexity index is 842. The van der Waals surface area contributed by atoms with Gasteiger partial charge < -0.3 is 4.90 Å². The van der Waals surface area contributed by atoms with E-state index in [1.807, 2.05) is 18.2 Å². The molecule has 0 aliphatic carbocycles. The molecule has 1 atom stereocenters. The molecule has 1 fully saturated rings. The van der Waals surface area contributed by atoms with Crippen molar-refractivity contribution in [1.82, 2.24) is 24.6 Å². The van der Waals surface area contributed by atoms with Gasteiger partial charge in [0.25, 0.3) is 0 Å². The lowest BCUT2D eigenvalue weighted by Crippen LogP contribution is -2.36. The second-order valence-corrected chi connectivity index (χ2v) is 7.04. The maximum Gasteiger partial charge on any atom is 0.159 e. The van der Waals surface area contributed by atoms with Crippen LogP contribution in [0.25, 0.3) is 22.6 Å². The Hall–Kier alpha value is -2.53. The van der Waals surface area contributed by atoms with Crippen LogP contribution < -0.4 is 0 Å². The van der Waals surface area contributed by atoms with E-state index in [1.165, 1.54) is 25.8 Å². The first kappa shape index (κ1) is 16.9. The van der Waals surface area contributed by atoms with Crippen LogP contribution in [0.15, 0.2) is 55.0 Å². The Morgan fingerprint density at radius 1 is 1.04 bits per heavy atom. The fraction of sp³-hybridized carbons (Fsp3) is 0.381. The molecule has 4 rings (SSSR count). The van der Waals surface area contributed by atoms with E-state index in [9.17, 15) is 0 Å². The van der Waals surface area contributed by atoms with Crippen LogP contribution in [-0.4, -0.2) is 44.3 Å². The largest absolute Gasteiger partial charge is 0.303 e. The zero-order chi connectivity index (χ0) is 17.8. The van der Waals surface area contributed by atoms with Crippen molar-refractivity contribution in [2.24, 2.45) is 0 Å². The highest BCUT2D eigenvalue weighted by molar-refractivity contribution is 5.67. The first-order valence-corrected chi connectivity index (χ1v) is 9.41. The van der Waals surface area contributed by atoms with Crippen molar-refractivity contribution >= 4 is 0 Å². The van der Waals surface area contributed by atoms with Crippen LogP contribution in [0.2, 0.25) is 0 Å². The fourth-order valence-electron chi connectivity index (χ4n) is 3.70. The summed E-state index contributed by atoms with van der Waals surface area (Å²) in [4.78, 5) is 11.2. The van der Waals surface area contributed by atoms with Crippen molar-refractivity contribution in [3.63, 3.8) is 0 Å². The van der Waals surface area contributed by atoms with Crippen LogP contribution >= 0.6 is 0 Å². The highest BCUT2D eigenvalue weighted by atomic mass is 15.3. The van der Waals surface area contributed by atoms with E-state index < -0.39 is 0 Å². The third-order valence-corrected chi connectivity index (χ3v) is 5.24. The highest BCUT2D eigenvalue weighted by Gasteiger charge is 2.18. The second kappa shape index (κ2) is 7.79. The third-order valence-electron chi connectivity index (χ3n) is 5.24. The molecule has 1 aliphatic rings. The average Bonchev–Trinajstić information content (AvgIpc) is 3.17. The molecule has 134 valence electrons. The lowest BCUT2D eigenvalue weighted by molar-refractivity contribution is 0.169. The van der Waals surface area contributed by atoms with Gasteiger partial charge in [-0.2, -0.15) is 5.10 Å². The zero-order valence-electron chi connectivity index (χ0n) is 15.3. The summed E-state index contributed by atoms with van der Waals surface area (Å²) in [6.07, 6.45) is 10.8. The van der Waals surface area contributed by atoms with E-state index in [0.717, 1.165) is 35.6 Å². The number of nitrogens with zero attached hydrogens (tertiary/aromatic N) is 5. The van der Waals surface area contributed by atoms with Gasteiger partial charge in [0.2, 0.25) is 0 Å². The lowest BCUT2D eigenvalue weighted by Gasteiger charge is -2.32. The Kier molecular flexibility index (Phi) is 5.07. The number of likely N-dealkylation sites (tertiary alicyclic amines) is 1. The SMILES string of the molecule is CN1CCCC[C@H]1CCn1ccc(-c2cccc(-c3ncccn3)c2)n1. The normalized spacial score (nSPS) is 18.1. The molecule has 3 aromatic rings. The Morgan fingerprint density at radius 2 is 1.88 bits per heavy atom. The summed E-state index contributed by atoms with van der Waals surface area (Å²) >= 11 is 0. The molecule has 1 aliphatic heterocycles. The number of aromatic nitrogens is 4. The van der Waals surface area contributed by atoms with Crippen LogP contribution in [0.1, 0.15) is 25.7 Å². The van der Waals surface area contributed by atoms with Crippen molar-refractivity contribution in [2.45, 2.75) is 38.3 Å². The van der Waals surface area contributed by atoms with Crippen LogP contribution in [0.3, 0.4) is 0 Å². The molecule has 0 spiro atoms. The summed E-state index contributed by atoms with van der Waals surface area (Å²) in [5.41, 5.74) is 3.12. The molecule has 0 amide bonds. The molecular weight excluding hydrogens is 322 g/mol. The number of benzene rings is 1. The number of piperidine rings is 1. The van der Waals surface area contributed by atoms with Crippen molar-refractivity contribution in [3.05, 3.63) is 55.0 Å². The molecule has 5 heteroatoms. The Morgan fingerprint density at radius 3 is 2.73 bits per heavy atom. The van der Waals surface area contributed by atoms with E-state index >= 15 is 0 Å². The minimum atomic E-state index is 0.690. The van der Waals surface area contributed by atoms with Gasteiger partial charge in [-0.15, -0.1) is 0 Å². The number of aryl methyl sites for hydroxylation is 1. The van der Waals surface area contributed by atoms with Crippen molar-refractivity contribution < 1.29 is 0 Å². The summed E-state index contributed by atoms with van der Waals surface area (Å²) in [6.45, 7) is 2.19. The lowest BCUT2D eigenvalue weighted by atomic mass is 10.0. The summed E-state index contributed by atoms with van der Waals surface area (Å²) in [6, 6.07) is 12.9. The summed E-state index contributed by atoms with van der Waals surface area (Å²) in [5, 5.41) is 4.78. The van der Waals surface area contributed by atoms with Crippen LogP contribution in [-0.2, 0) is 6.54 Å². The first-order valence-electron chi connectivity index (χ1n) is 9.41. The molecule has 26 heavy (non-hydrogen) atoms. The maximum absolute atomic E-state index is 4.78. The van der Waals surface area contributed by atoms with Crippen molar-refractivity contribution in [2.75, 3.05) is 13.6 Å². The minimum absolute atomic E-state index is 0.690. The van der Waals surface area contributed by atoms with Crippen LogP contribution in [0.4, 0.5) is 0 Å². The van der Waals surface area contributed by atoms with Crippen molar-refractivity contribution in [3.8, 4) is 22.6 Å². The summed E-state index contributed by atoms with van der Waals surface area (Å²) in [7, 11) is 2.25. The quantitative estimate of drug-likeness (QED) is 0.703. The molecule has 0 saturated carbocycles. The standard InChI is InChI=1S/C21H25N5/c1-25-13-3-2-8-19(25)9-14-26-15-10-20(24-26)17-6-4-7-18(16-17)21-22-11-5-12-23-21/h4-7,10-12,15-16,19H,2-3,8-9,13-14H2,1H3/t19-/m0/s1. The average molecular weight is 347 g/mol. The van der Waals surface area contributed by atoms with Gasteiger partial charge in [-0.3, -0.25) is 4.68 Å². The van der Waals surface area contributed by atoms with Gasteiger partial charge in [-0.05, 0) is 51.1 Å². The molecule has 5 nitrogen and oxygen atoms in total. The number of hydrogen-bond donors (Lipinski definition) is 0. The summed E-state index contributed by atoms with van der Waals surface area (Å²) < 4.78 is 2.07. The zero-order valence-corrected chi connectivity index (χ0v) is 15.3. The van der Waals surface area contributed by atoms with E-state index in [0.29, 0.717) is 6.04 Å². The smallest absolute Gasteiger partial charge is 0.159 e. The van der Waals surface area contributed by atoms with Gasteiger partial charge in [0, 0.05) is 42.3 Å². The number of hydrogen-bond acceptors (Lipinski definition) is 4. The topological polar surface area (TPSA) is 46.8 Å². The van der Waals surface area contributed by atoms with Gasteiger partial charge in [-0.25, -0.2) is 9.97 Å². The molecule has 0 radical (unpaired) electrons. The Labute approximate surface area is 154 Å². The van der Waals surface area contributed by atoms with Crippen LogP contribution in [0, 0.1) is 0 Å². The first-order chi connectivity index (χ1) is 12.8. The molecule has 0 unspecified atom stereocenters. The molecule has 0 N–H and O–H groups in total. The minimum Gasteiger partial charge on any atom is -0.303 e. The molecular formula is C21H25N5. The predicted octanol–water partition coefficient (Wildman–Crippen LogP) is 3.88. The molecule has 1 aromatic carbocycles. The molecule has 0 bridgehead atoms. The van der Waals surface area contributed by atoms with Gasteiger partial charge in [0.1, 0.15) is 0 Å². The number of rotatable bonds is 5. The second-order valence-electron chi connectivity index (χ2n) is 7.04. The maximum atomic E-state index is 4.78. The fourth-order valence-corrected chi connectivity index (χ4v) is 3.70. The van der Waals surface area contributed by atoms with E-state index in [1.54, 1.807) is 12.4 Å². The van der Waals surface area contributed by atoms with Crippen LogP contribution in [0.5, 0.6) is 0 Å². The van der Waals surface area contributed by atoms with Gasteiger partial charge in [0.15, 0.2) is 5.82 Å². The summed E-state index contributed by atoms with van der Waals surface area (Å²) in [5.74, 6) is 0.745.